The SMILES string of the molecule is COC1(N2CCOCC2)C=NC(c2cccnc2)C(Nc2c(C)c(-c3ccccn3)nc3cc(F)cc(F)c23)=C1. The molecule has 2 unspecified atom stereocenters. The van der Waals surface area contributed by atoms with E-state index in [1.54, 1.807) is 38.0 Å². The number of anilines is 1. The first kappa shape index (κ1) is 26.1. The van der Waals surface area contributed by atoms with Crippen molar-refractivity contribution in [1.82, 2.24) is 19.9 Å². The minimum Gasteiger partial charge on any atom is -0.379 e. The Labute approximate surface area is 230 Å². The lowest BCUT2D eigenvalue weighted by molar-refractivity contribution is -0.0878. The van der Waals surface area contributed by atoms with Crippen molar-refractivity contribution in [2.45, 2.75) is 18.7 Å². The van der Waals surface area contributed by atoms with E-state index < -0.39 is 23.4 Å². The van der Waals surface area contributed by atoms with Gasteiger partial charge in [0.1, 0.15) is 17.7 Å². The second-order valence-corrected chi connectivity index (χ2v) is 9.70. The summed E-state index contributed by atoms with van der Waals surface area (Å²) in [6.45, 7) is 4.28. The Morgan fingerprint density at radius 1 is 1.10 bits per heavy atom. The van der Waals surface area contributed by atoms with Crippen molar-refractivity contribution in [2.75, 3.05) is 38.7 Å². The lowest BCUT2D eigenvalue weighted by Crippen LogP contribution is -2.56. The number of hydrogen-bond acceptors (Lipinski definition) is 8. The molecule has 0 amide bonds. The van der Waals surface area contributed by atoms with Crippen molar-refractivity contribution in [3.63, 3.8) is 0 Å². The molecule has 40 heavy (non-hydrogen) atoms. The van der Waals surface area contributed by atoms with E-state index >= 15 is 4.39 Å². The van der Waals surface area contributed by atoms with E-state index in [1.165, 1.54) is 6.07 Å². The number of ether oxygens (including phenoxy) is 2. The van der Waals surface area contributed by atoms with E-state index in [2.05, 4.69) is 25.2 Å². The van der Waals surface area contributed by atoms with E-state index in [1.807, 2.05) is 37.3 Å². The maximum absolute atomic E-state index is 15.5. The fraction of sp³-hybridized carbons (Fsp3) is 0.267. The molecule has 0 radical (unpaired) electrons. The number of morpholine rings is 1. The summed E-state index contributed by atoms with van der Waals surface area (Å²) in [5, 5.41) is 3.67. The number of rotatable bonds is 6. The maximum Gasteiger partial charge on any atom is 0.178 e. The number of dihydropyridines is 1. The van der Waals surface area contributed by atoms with Crippen molar-refractivity contribution in [2.24, 2.45) is 4.99 Å². The number of hydrogen-bond donors (Lipinski definition) is 1. The van der Waals surface area contributed by atoms with E-state index in [0.717, 1.165) is 11.6 Å². The molecule has 5 heterocycles. The molecular weight excluding hydrogens is 514 g/mol. The monoisotopic (exact) mass is 542 g/mol. The predicted octanol–water partition coefficient (Wildman–Crippen LogP) is 5.07. The van der Waals surface area contributed by atoms with Crippen LogP contribution in [0.4, 0.5) is 14.5 Å². The minimum absolute atomic E-state index is 0.174. The van der Waals surface area contributed by atoms with E-state index in [9.17, 15) is 4.39 Å². The largest absolute Gasteiger partial charge is 0.379 e. The Morgan fingerprint density at radius 2 is 1.95 bits per heavy atom. The molecule has 6 rings (SSSR count). The van der Waals surface area contributed by atoms with E-state index in [0.29, 0.717) is 54.6 Å². The summed E-state index contributed by atoms with van der Waals surface area (Å²) < 4.78 is 41.5. The highest BCUT2D eigenvalue weighted by molar-refractivity contribution is 5.97. The molecule has 204 valence electrons. The average Bonchev–Trinajstić information content (AvgIpc) is 2.99. The topological polar surface area (TPSA) is 84.8 Å². The average molecular weight is 543 g/mol. The highest BCUT2D eigenvalue weighted by atomic mass is 19.1. The number of halogens is 2. The van der Waals surface area contributed by atoms with Gasteiger partial charge in [0, 0.05) is 67.7 Å². The van der Waals surface area contributed by atoms with Gasteiger partial charge in [-0.25, -0.2) is 13.8 Å². The van der Waals surface area contributed by atoms with Gasteiger partial charge in [-0.1, -0.05) is 12.1 Å². The molecule has 8 nitrogen and oxygen atoms in total. The van der Waals surface area contributed by atoms with Crippen LogP contribution >= 0.6 is 0 Å². The molecule has 1 fully saturated rings. The van der Waals surface area contributed by atoms with Crippen LogP contribution in [-0.2, 0) is 9.47 Å². The first-order chi connectivity index (χ1) is 19.5. The third kappa shape index (κ3) is 4.74. The normalized spacial score (nSPS) is 21.4. The molecule has 0 aliphatic carbocycles. The Balaban J connectivity index is 1.55. The summed E-state index contributed by atoms with van der Waals surface area (Å²) in [5.74, 6) is -1.43. The van der Waals surface area contributed by atoms with Gasteiger partial charge >= 0.3 is 0 Å². The fourth-order valence-corrected chi connectivity index (χ4v) is 5.29. The maximum atomic E-state index is 15.5. The van der Waals surface area contributed by atoms with E-state index in [-0.39, 0.29) is 10.9 Å². The van der Waals surface area contributed by atoms with Crippen LogP contribution in [0.1, 0.15) is 17.2 Å². The van der Waals surface area contributed by atoms with Gasteiger partial charge in [0.25, 0.3) is 0 Å². The Morgan fingerprint density at radius 3 is 2.67 bits per heavy atom. The molecule has 0 saturated carbocycles. The lowest BCUT2D eigenvalue weighted by atomic mass is 9.97. The number of nitrogens with zero attached hydrogens (tertiary/aromatic N) is 5. The number of methoxy groups -OCH3 is 1. The molecule has 1 saturated heterocycles. The van der Waals surface area contributed by atoms with Gasteiger partial charge in [-0.15, -0.1) is 0 Å². The molecule has 0 spiro atoms. The molecule has 4 aromatic rings. The van der Waals surface area contributed by atoms with Gasteiger partial charge in [0.05, 0.1) is 47.4 Å². The second-order valence-electron chi connectivity index (χ2n) is 9.70. The first-order valence-electron chi connectivity index (χ1n) is 13.0. The zero-order valence-electron chi connectivity index (χ0n) is 22.1. The van der Waals surface area contributed by atoms with Crippen LogP contribution in [0.2, 0.25) is 0 Å². The summed E-state index contributed by atoms with van der Waals surface area (Å²) >= 11 is 0. The second kappa shape index (κ2) is 10.8. The number of benzene rings is 1. The fourth-order valence-electron chi connectivity index (χ4n) is 5.29. The highest BCUT2D eigenvalue weighted by Crippen LogP contribution is 2.40. The van der Waals surface area contributed by atoms with Gasteiger partial charge in [-0.2, -0.15) is 0 Å². The van der Waals surface area contributed by atoms with Gasteiger partial charge in [-0.3, -0.25) is 19.9 Å². The summed E-state index contributed by atoms with van der Waals surface area (Å²) in [7, 11) is 1.63. The van der Waals surface area contributed by atoms with E-state index in [4.69, 9.17) is 14.5 Å². The summed E-state index contributed by atoms with van der Waals surface area (Å²) in [4.78, 5) is 20.4. The molecule has 2 aliphatic heterocycles. The molecule has 2 atom stereocenters. The molecular formula is C30H28F2N6O2. The Bertz CT molecular complexity index is 1590. The van der Waals surface area contributed by atoms with Gasteiger partial charge in [0.2, 0.25) is 0 Å². The van der Waals surface area contributed by atoms with Crippen LogP contribution in [0.15, 0.2) is 77.8 Å². The van der Waals surface area contributed by atoms with Crippen molar-refractivity contribution >= 4 is 22.8 Å². The molecule has 0 bridgehead atoms. The zero-order valence-corrected chi connectivity index (χ0v) is 22.1. The molecule has 1 N–H and O–H groups in total. The number of aliphatic imine (C=N–C) groups is 1. The van der Waals surface area contributed by atoms with Crippen molar-refractivity contribution in [1.29, 1.82) is 0 Å². The molecule has 3 aromatic heterocycles. The number of aromatic nitrogens is 3. The standard InChI is InChI=1S/C30H28F2N6O2/c1-19-27(23-7-3-4-9-34-23)36-24-15-21(31)14-22(32)26(24)28(19)37-25-16-30(39-2,38-10-12-40-13-11-38)18-35-29(25)20-6-5-8-33-17-20/h3-9,14-18,29H,10-13H2,1-2H3,(H,36,37). The van der Waals surface area contributed by atoms with Crippen molar-refractivity contribution in [3.05, 3.63) is 95.6 Å². The third-order valence-corrected chi connectivity index (χ3v) is 7.32. The van der Waals surface area contributed by atoms with Gasteiger partial charge in [0.15, 0.2) is 5.72 Å². The predicted molar refractivity (Wildman–Crippen MR) is 149 cm³/mol. The molecule has 1 aromatic carbocycles. The highest BCUT2D eigenvalue weighted by Gasteiger charge is 2.39. The Hall–Kier alpha value is -4.12. The van der Waals surface area contributed by atoms with Crippen molar-refractivity contribution < 1.29 is 18.3 Å². The third-order valence-electron chi connectivity index (χ3n) is 7.32. The van der Waals surface area contributed by atoms with Crippen molar-refractivity contribution in [3.8, 4) is 11.4 Å². The van der Waals surface area contributed by atoms with Gasteiger partial charge < -0.3 is 14.8 Å². The Kier molecular flexibility index (Phi) is 7.05. The van der Waals surface area contributed by atoms with Gasteiger partial charge in [-0.05, 0) is 31.2 Å². The smallest absolute Gasteiger partial charge is 0.178 e. The van der Waals surface area contributed by atoms with Crippen LogP contribution in [0.25, 0.3) is 22.3 Å². The number of pyridine rings is 3. The van der Waals surface area contributed by atoms with Crippen LogP contribution in [0, 0.1) is 18.6 Å². The summed E-state index contributed by atoms with van der Waals surface area (Å²) in [6, 6.07) is 10.9. The number of fused-ring (bicyclic) bond motifs is 1. The quantitative estimate of drug-likeness (QED) is 0.364. The minimum atomic E-state index is -0.948. The summed E-state index contributed by atoms with van der Waals surface area (Å²) in [5.41, 5.74) is 2.95. The lowest BCUT2D eigenvalue weighted by Gasteiger charge is -2.42. The van der Waals surface area contributed by atoms with Crippen LogP contribution in [0.3, 0.4) is 0 Å². The first-order valence-corrected chi connectivity index (χ1v) is 13.0. The molecule has 10 heteroatoms. The van der Waals surface area contributed by atoms with Crippen LogP contribution in [0.5, 0.6) is 0 Å². The summed E-state index contributed by atoms with van der Waals surface area (Å²) in [6.07, 6.45) is 8.87. The van der Waals surface area contributed by atoms with Crippen LogP contribution < -0.4 is 5.32 Å². The zero-order chi connectivity index (χ0) is 27.7. The van der Waals surface area contributed by atoms with Crippen LogP contribution in [-0.4, -0.2) is 65.2 Å². The molecule has 2 aliphatic rings. The number of nitrogens with one attached hydrogen (secondary N) is 1.